The highest BCUT2D eigenvalue weighted by Crippen LogP contribution is 2.44. The van der Waals surface area contributed by atoms with E-state index in [0.717, 1.165) is 50.7 Å². The Balaban J connectivity index is 1.44. The van der Waals surface area contributed by atoms with Gasteiger partial charge >= 0.3 is 0 Å². The van der Waals surface area contributed by atoms with E-state index >= 15 is 0 Å². The monoisotopic (exact) mass is 817 g/mol. The summed E-state index contributed by atoms with van der Waals surface area (Å²) in [4.78, 5) is 12.7. The van der Waals surface area contributed by atoms with E-state index in [1.165, 1.54) is 37.5 Å². The van der Waals surface area contributed by atoms with Crippen molar-refractivity contribution in [3.05, 3.63) is 170 Å². The molecule has 0 aliphatic carbocycles. The van der Waals surface area contributed by atoms with E-state index in [9.17, 15) is 0 Å². The maximum atomic E-state index is 5.13. The maximum Gasteiger partial charge on any atom is 0.0796 e. The van der Waals surface area contributed by atoms with Gasteiger partial charge in [-0.05, 0) is 92.6 Å². The Morgan fingerprint density at radius 1 is 0.356 bits per heavy atom. The largest absolute Gasteiger partial charge is 0.310 e. The summed E-state index contributed by atoms with van der Waals surface area (Å²) in [5.74, 6) is 0. The van der Waals surface area contributed by atoms with Crippen LogP contribution in [-0.4, -0.2) is 34.2 Å². The average molecular weight is 818 g/mol. The summed E-state index contributed by atoms with van der Waals surface area (Å²) in [6.07, 6.45) is 4.21. The molecule has 294 valence electrons. The molecule has 0 spiro atoms. The van der Waals surface area contributed by atoms with Gasteiger partial charge in [0.15, 0.2) is 0 Å². The zero-order valence-corrected chi connectivity index (χ0v) is 39.0. The third kappa shape index (κ3) is 8.58. The molecular weight excluding hydrogens is 763 g/mol. The van der Waals surface area contributed by atoms with Crippen LogP contribution in [0.4, 0.5) is 17.1 Å². The second kappa shape index (κ2) is 15.8. The average Bonchev–Trinajstić information content (AvgIpc) is 3.23. The summed E-state index contributed by atoms with van der Waals surface area (Å²) in [7, 11) is -4.76. The van der Waals surface area contributed by atoms with Crippen molar-refractivity contribution in [3.63, 3.8) is 0 Å². The number of nitrogens with zero attached hydrogens (tertiary/aromatic N) is 3. The molecule has 0 saturated heterocycles. The van der Waals surface area contributed by atoms with Crippen LogP contribution in [0.15, 0.2) is 170 Å². The Kier molecular flexibility index (Phi) is 10.8. The molecule has 0 bridgehead atoms. The summed E-state index contributed by atoms with van der Waals surface area (Å²) in [6, 6.07) is 58.2. The van der Waals surface area contributed by atoms with Crippen molar-refractivity contribution >= 4 is 67.6 Å². The Hall–Kier alpha value is -5.67. The van der Waals surface area contributed by atoms with Gasteiger partial charge < -0.3 is 4.90 Å². The molecule has 2 heterocycles. The highest BCUT2D eigenvalue weighted by atomic mass is 28.3. The smallest absolute Gasteiger partial charge is 0.0796 e. The zero-order valence-electron chi connectivity index (χ0n) is 36.0. The molecule has 59 heavy (non-hydrogen) atoms. The number of anilines is 3. The Morgan fingerprint density at radius 3 is 1.19 bits per heavy atom. The predicted octanol–water partition coefficient (Wildman–Crippen LogP) is 13.4. The Bertz CT molecular complexity index is 2600. The topological polar surface area (TPSA) is 29.0 Å². The van der Waals surface area contributed by atoms with Gasteiger partial charge in [0.05, 0.1) is 41.3 Å². The fourth-order valence-corrected chi connectivity index (χ4v) is 11.6. The molecule has 3 nitrogen and oxygen atoms in total. The molecular formula is C53H55N3Si3. The number of pyridine rings is 2. The molecule has 6 heteroatoms. The summed E-state index contributed by atoms with van der Waals surface area (Å²) in [5, 5.41) is 6.73. The lowest BCUT2D eigenvalue weighted by molar-refractivity contribution is 1.28. The number of benzene rings is 6. The van der Waals surface area contributed by atoms with Crippen LogP contribution >= 0.6 is 0 Å². The quantitative estimate of drug-likeness (QED) is 0.129. The number of aromatic nitrogens is 2. The first kappa shape index (κ1) is 40.1. The molecule has 0 fully saturated rings. The number of hydrogen-bond donors (Lipinski definition) is 0. The van der Waals surface area contributed by atoms with Crippen LogP contribution in [-0.2, 0) is 0 Å². The second-order valence-electron chi connectivity index (χ2n) is 18.9. The molecule has 0 aliphatic rings. The standard InChI is InChI=1S/C53H55N3Si3/c1-57(2,3)46-24-26-50(54-36-46)42-30-40(38-18-12-10-13-19-38)32-44(34-42)56(52-28-29-53(59(7,8)9)49-23-17-16-22-48(49)52)45-33-41(39-20-14-11-15-21-39)31-43(35-45)51-27-25-47(37-55-51)58(4,5)6/h10-37H,1-9H3. The number of hydrogen-bond acceptors (Lipinski definition) is 3. The van der Waals surface area contributed by atoms with Gasteiger partial charge in [-0.15, -0.1) is 0 Å². The highest BCUT2D eigenvalue weighted by Gasteiger charge is 2.25. The maximum absolute atomic E-state index is 5.13. The molecule has 2 aromatic heterocycles. The van der Waals surface area contributed by atoms with Crippen LogP contribution in [0.3, 0.4) is 0 Å². The van der Waals surface area contributed by atoms with E-state index in [2.05, 4.69) is 234 Å². The van der Waals surface area contributed by atoms with Crippen LogP contribution in [0.25, 0.3) is 55.5 Å². The van der Waals surface area contributed by atoms with Crippen molar-refractivity contribution < 1.29 is 0 Å². The Morgan fingerprint density at radius 2 is 0.780 bits per heavy atom. The SMILES string of the molecule is C[Si](C)(C)c1ccc(-c2cc(-c3ccccc3)cc(N(c3cc(-c4ccccc4)cc(-c4ccc([Si](C)(C)C)cn4)c3)c3ccc([Si](C)(C)C)c4ccccc34)c2)nc1. The molecule has 8 rings (SSSR count). The van der Waals surface area contributed by atoms with Gasteiger partial charge in [-0.3, -0.25) is 9.97 Å². The first-order valence-electron chi connectivity index (χ1n) is 20.8. The normalized spacial score (nSPS) is 12.2. The summed E-state index contributed by atoms with van der Waals surface area (Å²) < 4.78 is 0. The third-order valence-electron chi connectivity index (χ3n) is 11.4. The zero-order chi connectivity index (χ0) is 41.5. The molecule has 8 aromatic rings. The van der Waals surface area contributed by atoms with Crippen molar-refractivity contribution in [2.24, 2.45) is 0 Å². The lowest BCUT2D eigenvalue weighted by Crippen LogP contribution is -2.38. The van der Waals surface area contributed by atoms with Crippen LogP contribution in [0, 0.1) is 0 Å². The van der Waals surface area contributed by atoms with Gasteiger partial charge in [-0.1, -0.05) is 167 Å². The van der Waals surface area contributed by atoms with Gasteiger partial charge in [-0.25, -0.2) is 0 Å². The first-order chi connectivity index (χ1) is 28.1. The fraction of sp³-hybridized carbons (Fsp3) is 0.170. The molecule has 0 atom stereocenters. The number of fused-ring (bicyclic) bond motifs is 1. The van der Waals surface area contributed by atoms with Crippen LogP contribution in [0.1, 0.15) is 0 Å². The molecule has 0 radical (unpaired) electrons. The Labute approximate surface area is 354 Å². The minimum atomic E-state index is -1.69. The number of rotatable bonds is 10. The lowest BCUT2D eigenvalue weighted by atomic mass is 9.97. The van der Waals surface area contributed by atoms with Crippen LogP contribution in [0.2, 0.25) is 58.9 Å². The van der Waals surface area contributed by atoms with Gasteiger partial charge in [0.2, 0.25) is 0 Å². The van der Waals surface area contributed by atoms with Crippen molar-refractivity contribution in [3.8, 4) is 44.8 Å². The minimum Gasteiger partial charge on any atom is -0.310 e. The fourth-order valence-electron chi connectivity index (χ4n) is 7.95. The van der Waals surface area contributed by atoms with E-state index in [1.807, 2.05) is 0 Å². The molecule has 0 N–H and O–H groups in total. The van der Waals surface area contributed by atoms with Crippen molar-refractivity contribution in [2.75, 3.05) is 4.90 Å². The predicted molar refractivity (Wildman–Crippen MR) is 265 cm³/mol. The van der Waals surface area contributed by atoms with E-state index < -0.39 is 24.2 Å². The van der Waals surface area contributed by atoms with E-state index in [-0.39, 0.29) is 0 Å². The van der Waals surface area contributed by atoms with Gasteiger partial charge in [0, 0.05) is 40.3 Å². The molecule has 0 aliphatic heterocycles. The van der Waals surface area contributed by atoms with Gasteiger partial charge in [0.1, 0.15) is 0 Å². The van der Waals surface area contributed by atoms with E-state index in [1.54, 1.807) is 0 Å². The lowest BCUT2D eigenvalue weighted by Gasteiger charge is -2.30. The molecule has 0 saturated carbocycles. The van der Waals surface area contributed by atoms with Crippen molar-refractivity contribution in [1.29, 1.82) is 0 Å². The highest BCUT2D eigenvalue weighted by molar-refractivity contribution is 6.90. The molecule has 0 unspecified atom stereocenters. The van der Waals surface area contributed by atoms with Gasteiger partial charge in [-0.2, -0.15) is 0 Å². The second-order valence-corrected chi connectivity index (χ2v) is 34.1. The van der Waals surface area contributed by atoms with Crippen molar-refractivity contribution in [2.45, 2.75) is 58.9 Å². The van der Waals surface area contributed by atoms with Crippen LogP contribution < -0.4 is 20.5 Å². The third-order valence-corrected chi connectivity index (χ3v) is 17.5. The van der Waals surface area contributed by atoms with Crippen LogP contribution in [0.5, 0.6) is 0 Å². The molecule has 6 aromatic carbocycles. The van der Waals surface area contributed by atoms with Crippen molar-refractivity contribution in [1.82, 2.24) is 9.97 Å². The summed E-state index contributed by atoms with van der Waals surface area (Å²) >= 11 is 0. The summed E-state index contributed by atoms with van der Waals surface area (Å²) in [6.45, 7) is 21.6. The minimum absolute atomic E-state index is 0.968. The molecule has 0 amide bonds. The van der Waals surface area contributed by atoms with E-state index in [0.29, 0.717) is 0 Å². The summed E-state index contributed by atoms with van der Waals surface area (Å²) in [5.41, 5.74) is 12.0. The first-order valence-corrected chi connectivity index (χ1v) is 31.3. The van der Waals surface area contributed by atoms with Gasteiger partial charge in [0.25, 0.3) is 0 Å². The van der Waals surface area contributed by atoms with E-state index in [4.69, 9.17) is 9.97 Å².